The van der Waals surface area contributed by atoms with E-state index in [4.69, 9.17) is 9.47 Å². The molecule has 2 rings (SSSR count). The minimum atomic E-state index is -0.418. The van der Waals surface area contributed by atoms with Crippen LogP contribution in [0.3, 0.4) is 0 Å². The predicted octanol–water partition coefficient (Wildman–Crippen LogP) is 2.19. The number of piperidine rings is 1. The first-order chi connectivity index (χ1) is 11.6. The largest absolute Gasteiger partial charge is 0.496 e. The summed E-state index contributed by atoms with van der Waals surface area (Å²) in [5.41, 5.74) is 1.84. The van der Waals surface area contributed by atoms with Crippen molar-refractivity contribution in [3.05, 3.63) is 29.3 Å². The van der Waals surface area contributed by atoms with Crippen LogP contribution in [0.5, 0.6) is 5.75 Å². The third kappa shape index (κ3) is 4.28. The van der Waals surface area contributed by atoms with Crippen LogP contribution in [-0.2, 0) is 17.9 Å². The first kappa shape index (κ1) is 19.2. The summed E-state index contributed by atoms with van der Waals surface area (Å²) in [7, 11) is 3.35. The van der Waals surface area contributed by atoms with Crippen molar-refractivity contribution in [1.29, 1.82) is 0 Å². The maximum atomic E-state index is 10.4. The number of aliphatic hydroxyl groups excluding tert-OH is 2. The van der Waals surface area contributed by atoms with E-state index in [0.29, 0.717) is 13.0 Å². The highest BCUT2D eigenvalue weighted by molar-refractivity contribution is 5.37. The number of aliphatic hydroxyl groups is 2. The second kappa shape index (κ2) is 8.81. The molecule has 1 aliphatic heterocycles. The molecule has 0 unspecified atom stereocenters. The highest BCUT2D eigenvalue weighted by Gasteiger charge is 2.41. The maximum absolute atomic E-state index is 10.4. The van der Waals surface area contributed by atoms with Crippen LogP contribution >= 0.6 is 0 Å². The molecule has 1 heterocycles. The van der Waals surface area contributed by atoms with Crippen molar-refractivity contribution in [1.82, 2.24) is 4.90 Å². The smallest absolute Gasteiger partial charge is 0.124 e. The average Bonchev–Trinajstić information content (AvgIpc) is 2.59. The third-order valence-corrected chi connectivity index (χ3v) is 5.08. The van der Waals surface area contributed by atoms with Crippen LogP contribution in [0.25, 0.3) is 0 Å². The van der Waals surface area contributed by atoms with Gasteiger partial charge in [0.15, 0.2) is 0 Å². The number of nitrogens with zero attached hydrogens (tertiary/aromatic N) is 1. The van der Waals surface area contributed by atoms with Crippen molar-refractivity contribution >= 4 is 0 Å². The van der Waals surface area contributed by atoms with E-state index in [2.05, 4.69) is 24.0 Å². The van der Waals surface area contributed by atoms with E-state index in [0.717, 1.165) is 43.8 Å². The number of likely N-dealkylation sites (tertiary alicyclic amines) is 1. The SMILES string of the molecule is CCC[C@@]1(CO)CN(Cc2ccc(OC)c(COC)c2)CC[C@@H]1O. The molecule has 2 N–H and O–H groups in total. The lowest BCUT2D eigenvalue weighted by Crippen LogP contribution is -2.53. The van der Waals surface area contributed by atoms with Gasteiger partial charge < -0.3 is 19.7 Å². The molecule has 0 saturated carbocycles. The zero-order valence-corrected chi connectivity index (χ0v) is 15.1. The van der Waals surface area contributed by atoms with E-state index in [1.54, 1.807) is 14.2 Å². The topological polar surface area (TPSA) is 62.2 Å². The first-order valence-corrected chi connectivity index (χ1v) is 8.74. The monoisotopic (exact) mass is 337 g/mol. The van der Waals surface area contributed by atoms with Crippen LogP contribution in [0.2, 0.25) is 0 Å². The molecule has 1 aliphatic rings. The third-order valence-electron chi connectivity index (χ3n) is 5.08. The molecular weight excluding hydrogens is 306 g/mol. The van der Waals surface area contributed by atoms with Gasteiger partial charge in [0.05, 0.1) is 26.4 Å². The Morgan fingerprint density at radius 3 is 2.75 bits per heavy atom. The van der Waals surface area contributed by atoms with Gasteiger partial charge in [-0.1, -0.05) is 19.4 Å². The van der Waals surface area contributed by atoms with Crippen LogP contribution in [0, 0.1) is 5.41 Å². The van der Waals surface area contributed by atoms with Crippen LogP contribution in [0.4, 0.5) is 0 Å². The molecule has 1 aromatic rings. The summed E-state index contributed by atoms with van der Waals surface area (Å²) in [6.45, 7) is 5.03. The average molecular weight is 337 g/mol. The van der Waals surface area contributed by atoms with E-state index in [1.807, 2.05) is 6.07 Å². The van der Waals surface area contributed by atoms with Crippen LogP contribution in [0.15, 0.2) is 18.2 Å². The summed E-state index contributed by atoms with van der Waals surface area (Å²) in [5.74, 6) is 0.838. The van der Waals surface area contributed by atoms with Gasteiger partial charge >= 0.3 is 0 Å². The molecule has 24 heavy (non-hydrogen) atoms. The summed E-state index contributed by atoms with van der Waals surface area (Å²) in [5, 5.41) is 20.3. The summed E-state index contributed by atoms with van der Waals surface area (Å²) < 4.78 is 10.6. The number of hydrogen-bond acceptors (Lipinski definition) is 5. The molecule has 0 bridgehead atoms. The molecule has 0 aromatic heterocycles. The minimum Gasteiger partial charge on any atom is -0.496 e. The van der Waals surface area contributed by atoms with E-state index in [9.17, 15) is 10.2 Å². The molecule has 1 fully saturated rings. The minimum absolute atomic E-state index is 0.0377. The normalized spacial score (nSPS) is 25.0. The van der Waals surface area contributed by atoms with E-state index in [1.165, 1.54) is 5.56 Å². The Labute approximate surface area is 145 Å². The number of benzene rings is 1. The molecule has 0 aliphatic carbocycles. The molecule has 1 saturated heterocycles. The Bertz CT molecular complexity index is 522. The van der Waals surface area contributed by atoms with Crippen molar-refractivity contribution < 1.29 is 19.7 Å². The summed E-state index contributed by atoms with van der Waals surface area (Å²) >= 11 is 0. The molecule has 2 atom stereocenters. The van der Waals surface area contributed by atoms with Crippen molar-refractivity contribution in [2.75, 3.05) is 33.9 Å². The number of methoxy groups -OCH3 is 2. The van der Waals surface area contributed by atoms with Gasteiger partial charge in [-0.3, -0.25) is 4.90 Å². The fourth-order valence-electron chi connectivity index (χ4n) is 3.81. The van der Waals surface area contributed by atoms with E-state index < -0.39 is 11.5 Å². The fourth-order valence-corrected chi connectivity index (χ4v) is 3.81. The summed E-state index contributed by atoms with van der Waals surface area (Å²) in [4.78, 5) is 2.33. The Kier molecular flexibility index (Phi) is 7.04. The van der Waals surface area contributed by atoms with Gasteiger partial charge in [0.25, 0.3) is 0 Å². The van der Waals surface area contributed by atoms with Crippen molar-refractivity contribution in [2.45, 2.75) is 45.4 Å². The van der Waals surface area contributed by atoms with Gasteiger partial charge in [-0.2, -0.15) is 0 Å². The number of rotatable bonds is 8. The second-order valence-electron chi connectivity index (χ2n) is 6.86. The molecule has 1 aromatic carbocycles. The lowest BCUT2D eigenvalue weighted by molar-refractivity contribution is -0.0819. The Balaban J connectivity index is 2.11. The summed E-state index contributed by atoms with van der Waals surface area (Å²) in [6.07, 6.45) is 2.10. The van der Waals surface area contributed by atoms with Gasteiger partial charge in [-0.25, -0.2) is 0 Å². The first-order valence-electron chi connectivity index (χ1n) is 8.74. The highest BCUT2D eigenvalue weighted by atomic mass is 16.5. The summed E-state index contributed by atoms with van der Waals surface area (Å²) in [6, 6.07) is 6.17. The van der Waals surface area contributed by atoms with Gasteiger partial charge in [-0.05, 0) is 30.5 Å². The number of ether oxygens (including phenoxy) is 2. The highest BCUT2D eigenvalue weighted by Crippen LogP contribution is 2.35. The fraction of sp³-hybridized carbons (Fsp3) is 0.684. The van der Waals surface area contributed by atoms with Crippen LogP contribution < -0.4 is 4.74 Å². The van der Waals surface area contributed by atoms with Crippen molar-refractivity contribution in [3.63, 3.8) is 0 Å². The lowest BCUT2D eigenvalue weighted by Gasteiger charge is -2.45. The van der Waals surface area contributed by atoms with Gasteiger partial charge in [-0.15, -0.1) is 0 Å². The second-order valence-corrected chi connectivity index (χ2v) is 6.86. The maximum Gasteiger partial charge on any atom is 0.124 e. The zero-order valence-electron chi connectivity index (χ0n) is 15.1. The Hall–Kier alpha value is -1.14. The van der Waals surface area contributed by atoms with Gasteiger partial charge in [0.2, 0.25) is 0 Å². The van der Waals surface area contributed by atoms with Crippen molar-refractivity contribution in [3.8, 4) is 5.75 Å². The molecular formula is C19H31NO4. The van der Waals surface area contributed by atoms with E-state index in [-0.39, 0.29) is 6.61 Å². The zero-order chi connectivity index (χ0) is 17.6. The molecule has 5 heteroatoms. The molecule has 0 radical (unpaired) electrons. The quantitative estimate of drug-likeness (QED) is 0.761. The lowest BCUT2D eigenvalue weighted by atomic mass is 9.74. The van der Waals surface area contributed by atoms with E-state index >= 15 is 0 Å². The Morgan fingerprint density at radius 2 is 2.12 bits per heavy atom. The standard InChI is InChI=1S/C19H31NO4/c1-4-8-19(14-21)13-20(9-7-18(19)22)11-15-5-6-17(24-3)16(10-15)12-23-2/h5-6,10,18,21-22H,4,7-9,11-14H2,1-3H3/t18-,19-/m0/s1. The molecule has 0 spiro atoms. The van der Waals surface area contributed by atoms with Crippen LogP contribution in [-0.4, -0.2) is 55.1 Å². The van der Waals surface area contributed by atoms with Crippen LogP contribution in [0.1, 0.15) is 37.3 Å². The predicted molar refractivity (Wildman–Crippen MR) is 94.0 cm³/mol. The van der Waals surface area contributed by atoms with Gasteiger partial charge in [0, 0.05) is 37.7 Å². The number of hydrogen-bond donors (Lipinski definition) is 2. The van der Waals surface area contributed by atoms with Gasteiger partial charge in [0.1, 0.15) is 5.75 Å². The Morgan fingerprint density at radius 1 is 1.33 bits per heavy atom. The molecule has 0 amide bonds. The van der Waals surface area contributed by atoms with Crippen molar-refractivity contribution in [2.24, 2.45) is 5.41 Å². The molecule has 5 nitrogen and oxygen atoms in total. The molecule has 136 valence electrons.